The molecular weight excluding hydrogens is 420 g/mol. The van der Waals surface area contributed by atoms with Gasteiger partial charge in [-0.2, -0.15) is 0 Å². The highest BCUT2D eigenvalue weighted by molar-refractivity contribution is 5.83. The van der Waals surface area contributed by atoms with Crippen molar-refractivity contribution in [3.63, 3.8) is 0 Å². The highest BCUT2D eigenvalue weighted by atomic mass is 16.2. The highest BCUT2D eigenvalue weighted by Crippen LogP contribution is 2.25. The van der Waals surface area contributed by atoms with Gasteiger partial charge in [0.05, 0.1) is 0 Å². The van der Waals surface area contributed by atoms with Crippen LogP contribution >= 0.6 is 0 Å². The van der Waals surface area contributed by atoms with E-state index in [1.54, 1.807) is 30.9 Å². The van der Waals surface area contributed by atoms with Gasteiger partial charge in [-0.3, -0.25) is 14.6 Å². The third-order valence-corrected chi connectivity index (χ3v) is 6.89. The van der Waals surface area contributed by atoms with Crippen LogP contribution in [0.5, 0.6) is 0 Å². The second-order valence-electron chi connectivity index (χ2n) is 8.87. The fourth-order valence-electron chi connectivity index (χ4n) is 4.94. The van der Waals surface area contributed by atoms with E-state index in [1.807, 2.05) is 21.9 Å². The van der Waals surface area contributed by atoms with Crippen molar-refractivity contribution in [3.05, 3.63) is 48.5 Å². The number of hydrogen-bond acceptors (Lipinski definition) is 8. The van der Waals surface area contributed by atoms with Gasteiger partial charge < -0.3 is 14.7 Å². The number of hydrogen-bond donors (Lipinski definition) is 2. The Morgan fingerprint density at radius 1 is 0.818 bits per heavy atom. The Morgan fingerprint density at radius 2 is 1.48 bits per heavy atom. The molecule has 174 valence electrons. The topological polar surface area (TPSA) is 107 Å². The first-order chi connectivity index (χ1) is 16.2. The summed E-state index contributed by atoms with van der Waals surface area (Å²) in [7, 11) is 0. The number of anilines is 1. The summed E-state index contributed by atoms with van der Waals surface area (Å²) in [5.74, 6) is 1.04. The Bertz CT molecular complexity index is 943. The summed E-state index contributed by atoms with van der Waals surface area (Å²) in [4.78, 5) is 44.7. The van der Waals surface area contributed by atoms with Crippen LogP contribution in [0.1, 0.15) is 30.9 Å². The van der Waals surface area contributed by atoms with E-state index >= 15 is 0 Å². The monoisotopic (exact) mass is 450 g/mol. The average molecular weight is 451 g/mol. The Balaban J connectivity index is 1.08. The van der Waals surface area contributed by atoms with Gasteiger partial charge in [0, 0.05) is 76.0 Å². The molecule has 3 aliphatic rings. The molecule has 0 radical (unpaired) electrons. The molecule has 0 aromatic carbocycles. The molecule has 2 N–H and O–H groups in total. The van der Waals surface area contributed by atoms with Gasteiger partial charge in [-0.1, -0.05) is 0 Å². The van der Waals surface area contributed by atoms with Crippen LogP contribution in [-0.4, -0.2) is 81.9 Å². The molecule has 2 atom stereocenters. The minimum absolute atomic E-state index is 0.00666. The van der Waals surface area contributed by atoms with E-state index in [-0.39, 0.29) is 29.8 Å². The molecular formula is C23H30N8O2. The third-order valence-electron chi connectivity index (χ3n) is 6.89. The highest BCUT2D eigenvalue weighted by Gasteiger charge is 2.36. The van der Waals surface area contributed by atoms with Gasteiger partial charge in [0.25, 0.3) is 0 Å². The first-order valence-electron chi connectivity index (χ1n) is 11.7. The zero-order valence-corrected chi connectivity index (χ0v) is 18.6. The van der Waals surface area contributed by atoms with Crippen molar-refractivity contribution < 1.29 is 9.59 Å². The van der Waals surface area contributed by atoms with Crippen molar-refractivity contribution >= 4 is 17.8 Å². The zero-order chi connectivity index (χ0) is 22.6. The fourth-order valence-corrected chi connectivity index (χ4v) is 4.94. The maximum Gasteiger partial charge on any atom is 0.241 e. The lowest BCUT2D eigenvalue weighted by Crippen LogP contribution is -2.53. The molecule has 2 amide bonds. The van der Waals surface area contributed by atoms with E-state index < -0.39 is 0 Å². The summed E-state index contributed by atoms with van der Waals surface area (Å²) in [6.07, 6.45) is 9.17. The predicted molar refractivity (Wildman–Crippen MR) is 122 cm³/mol. The van der Waals surface area contributed by atoms with Crippen molar-refractivity contribution in [2.75, 3.05) is 44.2 Å². The number of likely N-dealkylation sites (tertiary alicyclic amines) is 1. The molecule has 2 aromatic rings. The second kappa shape index (κ2) is 9.80. The number of carbonyl (C=O) groups is 2. The molecule has 10 nitrogen and oxygen atoms in total. The number of nitrogens with one attached hydrogen (secondary N) is 2. The molecule has 3 saturated heterocycles. The summed E-state index contributed by atoms with van der Waals surface area (Å²) in [6, 6.07) is 5.59. The summed E-state index contributed by atoms with van der Waals surface area (Å²) in [5, 5.41) is 0. The van der Waals surface area contributed by atoms with Gasteiger partial charge in [-0.25, -0.2) is 20.8 Å². The Labute approximate surface area is 193 Å². The Hall–Kier alpha value is -3.11. The molecule has 5 rings (SSSR count). The minimum Gasteiger partial charge on any atom is -0.341 e. The number of hydrazine groups is 1. The van der Waals surface area contributed by atoms with Crippen LogP contribution in [0, 0.1) is 5.92 Å². The van der Waals surface area contributed by atoms with Crippen LogP contribution in [0.15, 0.2) is 43.0 Å². The van der Waals surface area contributed by atoms with E-state index in [2.05, 4.69) is 30.7 Å². The lowest BCUT2D eigenvalue weighted by molar-refractivity contribution is -0.141. The van der Waals surface area contributed by atoms with E-state index in [1.165, 1.54) is 0 Å². The molecule has 10 heteroatoms. The molecule has 3 fully saturated rings. The van der Waals surface area contributed by atoms with Crippen LogP contribution in [0.25, 0.3) is 0 Å². The van der Waals surface area contributed by atoms with Crippen LogP contribution in [0.4, 0.5) is 5.95 Å². The lowest BCUT2D eigenvalue weighted by Gasteiger charge is -2.38. The van der Waals surface area contributed by atoms with Crippen LogP contribution < -0.4 is 15.8 Å². The number of rotatable bonds is 4. The maximum absolute atomic E-state index is 13.1. The summed E-state index contributed by atoms with van der Waals surface area (Å²) in [5.41, 5.74) is 7.50. The fraction of sp³-hybridized carbons (Fsp3) is 0.522. The quantitative estimate of drug-likeness (QED) is 0.688. The summed E-state index contributed by atoms with van der Waals surface area (Å²) in [6.45, 7) is 4.11. The molecule has 2 unspecified atom stereocenters. The molecule has 5 heterocycles. The maximum atomic E-state index is 13.1. The Kier molecular flexibility index (Phi) is 6.45. The minimum atomic E-state index is -0.247. The predicted octanol–water partition coefficient (Wildman–Crippen LogP) is 0.367. The van der Waals surface area contributed by atoms with E-state index in [4.69, 9.17) is 0 Å². The first kappa shape index (κ1) is 21.7. The first-order valence-corrected chi connectivity index (χ1v) is 11.7. The van der Waals surface area contributed by atoms with Gasteiger partial charge in [0.2, 0.25) is 17.8 Å². The standard InChI is InChI=1S/C23H30N8O2/c32-21(30-12-14-31(15-13-30)23-25-6-1-7-26-23)18-4-10-29(11-5-18)22(33)20-16-19(27-28-20)17-2-8-24-9-3-17/h1-3,6-9,18-20,27-28H,4-5,10-16H2. The van der Waals surface area contributed by atoms with Crippen molar-refractivity contribution in [3.8, 4) is 0 Å². The van der Waals surface area contributed by atoms with E-state index in [9.17, 15) is 9.59 Å². The second-order valence-corrected chi connectivity index (χ2v) is 8.87. The van der Waals surface area contributed by atoms with Crippen molar-refractivity contribution in [1.82, 2.24) is 35.6 Å². The number of nitrogens with zero attached hydrogens (tertiary/aromatic N) is 6. The molecule has 3 aliphatic heterocycles. The SMILES string of the molecule is O=C(C1CCN(C(=O)C2CC(c3ccncc3)NN2)CC1)N1CCN(c2ncccn2)CC1. The van der Waals surface area contributed by atoms with E-state index in [0.29, 0.717) is 32.6 Å². The van der Waals surface area contributed by atoms with E-state index in [0.717, 1.165) is 37.4 Å². The number of amides is 2. The van der Waals surface area contributed by atoms with Gasteiger partial charge in [0.15, 0.2) is 0 Å². The largest absolute Gasteiger partial charge is 0.341 e. The van der Waals surface area contributed by atoms with Crippen molar-refractivity contribution in [2.45, 2.75) is 31.3 Å². The molecule has 0 saturated carbocycles. The van der Waals surface area contributed by atoms with Crippen LogP contribution in [0.2, 0.25) is 0 Å². The number of pyridine rings is 1. The van der Waals surface area contributed by atoms with Gasteiger partial charge >= 0.3 is 0 Å². The summed E-state index contributed by atoms with van der Waals surface area (Å²) >= 11 is 0. The van der Waals surface area contributed by atoms with Gasteiger partial charge in [-0.15, -0.1) is 0 Å². The van der Waals surface area contributed by atoms with Crippen molar-refractivity contribution in [2.24, 2.45) is 5.92 Å². The lowest BCUT2D eigenvalue weighted by atomic mass is 9.94. The number of aromatic nitrogens is 3. The zero-order valence-electron chi connectivity index (χ0n) is 18.6. The summed E-state index contributed by atoms with van der Waals surface area (Å²) < 4.78 is 0. The third kappa shape index (κ3) is 4.81. The Morgan fingerprint density at radius 3 is 2.18 bits per heavy atom. The smallest absolute Gasteiger partial charge is 0.241 e. The normalized spacial score (nSPS) is 24.2. The average Bonchev–Trinajstić information content (AvgIpc) is 3.40. The number of piperidine rings is 1. The molecule has 2 aromatic heterocycles. The van der Waals surface area contributed by atoms with Gasteiger partial charge in [-0.05, 0) is 43.0 Å². The van der Waals surface area contributed by atoms with Crippen LogP contribution in [-0.2, 0) is 9.59 Å². The number of piperazine rings is 1. The number of carbonyl (C=O) groups excluding carboxylic acids is 2. The molecule has 0 bridgehead atoms. The molecule has 33 heavy (non-hydrogen) atoms. The van der Waals surface area contributed by atoms with Crippen LogP contribution in [0.3, 0.4) is 0 Å². The van der Waals surface area contributed by atoms with Gasteiger partial charge in [0.1, 0.15) is 6.04 Å². The molecule has 0 spiro atoms. The van der Waals surface area contributed by atoms with Crippen molar-refractivity contribution in [1.29, 1.82) is 0 Å². The molecule has 0 aliphatic carbocycles.